The normalized spacial score (nSPS) is 23.7. The summed E-state index contributed by atoms with van der Waals surface area (Å²) in [7, 11) is 0. The summed E-state index contributed by atoms with van der Waals surface area (Å²) in [5.41, 5.74) is -0.634. The molecule has 3 nitrogen and oxygen atoms in total. The number of halogens is 1. The molecule has 1 aliphatic heterocycles. The molecule has 1 heterocycles. The fourth-order valence-corrected chi connectivity index (χ4v) is 3.49. The maximum absolute atomic E-state index is 12.2. The van der Waals surface area contributed by atoms with E-state index in [9.17, 15) is 5.21 Å². The van der Waals surface area contributed by atoms with Crippen LogP contribution >= 0.6 is 15.9 Å². The fourth-order valence-electron chi connectivity index (χ4n) is 3.09. The van der Waals surface area contributed by atoms with Gasteiger partial charge < -0.3 is 15.0 Å². The molecule has 0 N–H and O–H groups in total. The number of rotatable bonds is 7. The van der Waals surface area contributed by atoms with E-state index in [4.69, 9.17) is 4.74 Å². The number of piperidine rings is 1. The van der Waals surface area contributed by atoms with Crippen LogP contribution in [0, 0.1) is 5.21 Å². The Labute approximate surface area is 126 Å². The highest BCUT2D eigenvalue weighted by molar-refractivity contribution is 9.09. The van der Waals surface area contributed by atoms with Crippen LogP contribution in [-0.4, -0.2) is 34.2 Å². The molecule has 0 bridgehead atoms. The van der Waals surface area contributed by atoms with Crippen molar-refractivity contribution in [3.63, 3.8) is 0 Å². The standard InChI is InChI=1S/C15H29BrNO2/c1-14(2)11-13(12-15(3,4)17(14)18)19-10-8-6-5-7-9-16/h13H,5-12H2,1-4H3/q-1. The minimum absolute atomic E-state index is 0.228. The Morgan fingerprint density at radius 1 is 1.05 bits per heavy atom. The molecule has 1 aliphatic rings. The van der Waals surface area contributed by atoms with Crippen molar-refractivity contribution >= 4 is 15.9 Å². The largest absolute Gasteiger partial charge is 0.784 e. The highest BCUT2D eigenvalue weighted by Gasteiger charge is 2.40. The molecule has 1 rings (SSSR count). The van der Waals surface area contributed by atoms with E-state index in [0.717, 1.165) is 31.2 Å². The topological polar surface area (TPSA) is 35.5 Å². The predicted octanol–water partition coefficient (Wildman–Crippen LogP) is 4.48. The molecule has 0 spiro atoms. The van der Waals surface area contributed by atoms with Crippen molar-refractivity contribution in [1.29, 1.82) is 0 Å². The van der Waals surface area contributed by atoms with E-state index in [-0.39, 0.29) is 17.2 Å². The molecule has 0 aliphatic carbocycles. The lowest BCUT2D eigenvalue weighted by molar-refractivity contribution is -0.0813. The minimum Gasteiger partial charge on any atom is -0.784 e. The second kappa shape index (κ2) is 7.39. The molecular weight excluding hydrogens is 306 g/mol. The van der Waals surface area contributed by atoms with Gasteiger partial charge in [0.25, 0.3) is 0 Å². The van der Waals surface area contributed by atoms with Crippen LogP contribution in [0.15, 0.2) is 0 Å². The van der Waals surface area contributed by atoms with Crippen molar-refractivity contribution in [2.75, 3.05) is 11.9 Å². The van der Waals surface area contributed by atoms with Crippen molar-refractivity contribution in [1.82, 2.24) is 5.06 Å². The van der Waals surface area contributed by atoms with Crippen LogP contribution in [0.1, 0.15) is 66.2 Å². The number of nitrogens with zero attached hydrogens (tertiary/aromatic N) is 1. The molecule has 0 aromatic carbocycles. The molecule has 0 aromatic rings. The van der Waals surface area contributed by atoms with Gasteiger partial charge in [-0.1, -0.05) is 28.8 Å². The molecule has 19 heavy (non-hydrogen) atoms. The third-order valence-electron chi connectivity index (χ3n) is 3.94. The summed E-state index contributed by atoms with van der Waals surface area (Å²) in [5.74, 6) is 0. The minimum atomic E-state index is -0.317. The van der Waals surface area contributed by atoms with E-state index in [1.54, 1.807) is 0 Å². The van der Waals surface area contributed by atoms with Crippen molar-refractivity contribution < 1.29 is 4.74 Å². The van der Waals surface area contributed by atoms with Gasteiger partial charge in [-0.2, -0.15) is 0 Å². The molecule has 0 saturated carbocycles. The summed E-state index contributed by atoms with van der Waals surface area (Å²) in [4.78, 5) is 0. The van der Waals surface area contributed by atoms with Crippen LogP contribution in [0.3, 0.4) is 0 Å². The van der Waals surface area contributed by atoms with Gasteiger partial charge in [-0.25, -0.2) is 0 Å². The van der Waals surface area contributed by atoms with Crippen molar-refractivity contribution in [2.45, 2.75) is 83.4 Å². The summed E-state index contributed by atoms with van der Waals surface area (Å²) in [6, 6.07) is 0. The van der Waals surface area contributed by atoms with Gasteiger partial charge in [-0.15, -0.1) is 0 Å². The van der Waals surface area contributed by atoms with E-state index in [2.05, 4.69) is 15.9 Å². The van der Waals surface area contributed by atoms with Gasteiger partial charge in [0.15, 0.2) is 0 Å². The quantitative estimate of drug-likeness (QED) is 0.508. The Morgan fingerprint density at radius 2 is 1.58 bits per heavy atom. The zero-order valence-electron chi connectivity index (χ0n) is 12.9. The molecule has 0 unspecified atom stereocenters. The number of ether oxygens (including phenoxy) is 1. The van der Waals surface area contributed by atoms with Crippen molar-refractivity contribution in [3.05, 3.63) is 5.21 Å². The number of hydrogen-bond donors (Lipinski definition) is 0. The van der Waals surface area contributed by atoms with E-state index < -0.39 is 0 Å². The average molecular weight is 335 g/mol. The molecule has 0 amide bonds. The SMILES string of the molecule is CC1(C)CC(OCCCCCCBr)CC(C)(C)N1[O-]. The predicted molar refractivity (Wildman–Crippen MR) is 84.6 cm³/mol. The first-order valence-corrected chi connectivity index (χ1v) is 8.57. The van der Waals surface area contributed by atoms with Crippen LogP contribution in [0.2, 0.25) is 0 Å². The maximum atomic E-state index is 12.2. The Hall–Kier alpha value is 0.360. The molecule has 0 aromatic heterocycles. The number of hydroxylamine groups is 2. The monoisotopic (exact) mass is 334 g/mol. The molecule has 0 atom stereocenters. The number of unbranched alkanes of at least 4 members (excludes halogenated alkanes) is 3. The first kappa shape index (κ1) is 17.4. The van der Waals surface area contributed by atoms with Crippen LogP contribution in [0.25, 0.3) is 0 Å². The van der Waals surface area contributed by atoms with Gasteiger partial charge >= 0.3 is 0 Å². The summed E-state index contributed by atoms with van der Waals surface area (Å²) in [6.45, 7) is 8.92. The van der Waals surface area contributed by atoms with Gasteiger partial charge in [-0.3, -0.25) is 0 Å². The van der Waals surface area contributed by atoms with Gasteiger partial charge in [-0.05, 0) is 53.4 Å². The Balaban J connectivity index is 2.31. The highest BCUT2D eigenvalue weighted by Crippen LogP contribution is 2.38. The molecule has 0 radical (unpaired) electrons. The van der Waals surface area contributed by atoms with Crippen LogP contribution < -0.4 is 0 Å². The zero-order chi connectivity index (χ0) is 14.5. The molecular formula is C15H29BrNO2-. The molecule has 114 valence electrons. The lowest BCUT2D eigenvalue weighted by Crippen LogP contribution is -2.59. The average Bonchev–Trinajstić information content (AvgIpc) is 2.30. The van der Waals surface area contributed by atoms with Crippen molar-refractivity contribution in [2.24, 2.45) is 0 Å². The fraction of sp³-hybridized carbons (Fsp3) is 1.00. The summed E-state index contributed by atoms with van der Waals surface area (Å²) in [5, 5.41) is 14.6. The number of alkyl halides is 1. The van der Waals surface area contributed by atoms with Crippen LogP contribution in [0.5, 0.6) is 0 Å². The molecule has 1 saturated heterocycles. The third kappa shape index (κ3) is 5.33. The Bertz CT molecular complexity index is 251. The number of hydrogen-bond acceptors (Lipinski definition) is 3. The van der Waals surface area contributed by atoms with E-state index >= 15 is 0 Å². The maximum Gasteiger partial charge on any atom is 0.0609 e. The van der Waals surface area contributed by atoms with Crippen molar-refractivity contribution in [3.8, 4) is 0 Å². The van der Waals surface area contributed by atoms with Crippen LogP contribution in [-0.2, 0) is 4.74 Å². The van der Waals surface area contributed by atoms with E-state index in [0.29, 0.717) is 0 Å². The second-order valence-electron chi connectivity index (χ2n) is 6.92. The van der Waals surface area contributed by atoms with Gasteiger partial charge in [0.1, 0.15) is 0 Å². The zero-order valence-corrected chi connectivity index (χ0v) is 14.5. The molecule has 4 heteroatoms. The Kier molecular flexibility index (Phi) is 6.77. The Morgan fingerprint density at radius 3 is 2.11 bits per heavy atom. The first-order valence-electron chi connectivity index (χ1n) is 7.45. The smallest absolute Gasteiger partial charge is 0.0609 e. The third-order valence-corrected chi connectivity index (χ3v) is 4.50. The summed E-state index contributed by atoms with van der Waals surface area (Å²) < 4.78 is 6.01. The van der Waals surface area contributed by atoms with Gasteiger partial charge in [0.05, 0.1) is 6.10 Å². The lowest BCUT2D eigenvalue weighted by atomic mass is 9.80. The van der Waals surface area contributed by atoms with Gasteiger partial charge in [0.2, 0.25) is 0 Å². The lowest BCUT2D eigenvalue weighted by Gasteiger charge is -2.59. The second-order valence-corrected chi connectivity index (χ2v) is 7.72. The van der Waals surface area contributed by atoms with E-state index in [1.165, 1.54) is 24.3 Å². The van der Waals surface area contributed by atoms with Crippen LogP contribution in [0.4, 0.5) is 0 Å². The van der Waals surface area contributed by atoms with Gasteiger partial charge in [0, 0.05) is 23.0 Å². The van der Waals surface area contributed by atoms with E-state index in [1.807, 2.05) is 27.7 Å². The first-order chi connectivity index (χ1) is 8.79. The summed E-state index contributed by atoms with van der Waals surface area (Å²) in [6.07, 6.45) is 6.78. The highest BCUT2D eigenvalue weighted by atomic mass is 79.9. The summed E-state index contributed by atoms with van der Waals surface area (Å²) >= 11 is 3.45. The molecule has 1 fully saturated rings.